The van der Waals surface area contributed by atoms with Crippen LogP contribution >= 0.6 is 0 Å². The fourth-order valence-corrected chi connectivity index (χ4v) is 0. The van der Waals surface area contributed by atoms with E-state index in [9.17, 15) is 0 Å². The van der Waals surface area contributed by atoms with E-state index in [1.807, 2.05) is 0 Å². The van der Waals surface area contributed by atoms with Gasteiger partial charge in [0.2, 0.25) is 0 Å². The number of rotatable bonds is 0. The van der Waals surface area contributed by atoms with Crippen LogP contribution < -0.4 is 0 Å². The Labute approximate surface area is 33.3 Å². The molecule has 2 N–H and O–H groups in total. The molecule has 0 saturated heterocycles. The van der Waals surface area contributed by atoms with Gasteiger partial charge in [-0.05, 0) is 0 Å². The van der Waals surface area contributed by atoms with Crippen molar-refractivity contribution in [2.75, 3.05) is 0 Å². The van der Waals surface area contributed by atoms with Crippen LogP contribution in [0.15, 0.2) is 0 Å². The van der Waals surface area contributed by atoms with E-state index in [1.54, 1.807) is 0 Å². The summed E-state index contributed by atoms with van der Waals surface area (Å²) in [5.74, 6) is 0. The van der Waals surface area contributed by atoms with Gasteiger partial charge < -0.3 is 0 Å². The smallest absolute Gasteiger partial charge is 0.221 e. The molecule has 0 atom stereocenters. The first-order chi connectivity index (χ1) is 1.41. The molecule has 0 aromatic rings. The van der Waals surface area contributed by atoms with E-state index >= 15 is 0 Å². The summed E-state index contributed by atoms with van der Waals surface area (Å²) < 4.78 is 0. The van der Waals surface area contributed by atoms with E-state index in [2.05, 4.69) is 5.04 Å². The van der Waals surface area contributed by atoms with Crippen molar-refractivity contribution in [3.8, 4) is 0 Å². The second kappa shape index (κ2) is 10.0. The van der Waals surface area contributed by atoms with Gasteiger partial charge in [0.15, 0.2) is 0 Å². The van der Waals surface area contributed by atoms with Crippen LogP contribution in [0.2, 0.25) is 0 Å². The maximum absolute atomic E-state index is 6.62. The average molecular weight is 109 g/mol. The molecule has 0 rings (SSSR count). The van der Waals surface area contributed by atoms with Gasteiger partial charge in [0.1, 0.15) is 0 Å². The molecule has 4 heteroatoms. The fraction of sp³-hybridized carbons (Fsp3) is 0. The minimum atomic E-state index is 0. The zero-order valence-electron chi connectivity index (χ0n) is 1.64. The molecule has 0 bridgehead atoms. The van der Waals surface area contributed by atoms with Crippen molar-refractivity contribution in [2.24, 2.45) is 0 Å². The molecule has 0 aliphatic rings. The van der Waals surface area contributed by atoms with Gasteiger partial charge in [-0.1, -0.05) is 5.04 Å². The van der Waals surface area contributed by atoms with Gasteiger partial charge >= 0.3 is 16.8 Å². The molecular weight excluding hydrogens is 107 g/mol. The summed E-state index contributed by atoms with van der Waals surface area (Å²) >= 11 is 0. The fourth-order valence-electron chi connectivity index (χ4n) is 0. The van der Waals surface area contributed by atoms with E-state index in [0.717, 1.165) is 0 Å². The summed E-state index contributed by atoms with van der Waals surface area (Å²) in [5.41, 5.74) is 0. The monoisotopic (exact) mass is 109 g/mol. The van der Waals surface area contributed by atoms with Gasteiger partial charge in [-0.2, -0.15) is 0 Å². The zero-order valence-corrected chi connectivity index (χ0v) is 2.68. The van der Waals surface area contributed by atoms with E-state index < -0.39 is 0 Å². The van der Waals surface area contributed by atoms with Crippen LogP contribution in [0.25, 0.3) is 0 Å². The summed E-state index contributed by atoms with van der Waals surface area (Å²) in [6.45, 7) is 0. The minimum Gasteiger partial charge on any atom is -0.221 e. The summed E-state index contributed by atoms with van der Waals surface area (Å²) in [5, 5.41) is 15.5. The summed E-state index contributed by atoms with van der Waals surface area (Å²) in [4.78, 5) is 0. The van der Waals surface area contributed by atoms with Gasteiger partial charge in [0.05, 0.1) is 0 Å². The van der Waals surface area contributed by atoms with Crippen LogP contribution in [0, 0.1) is 0 Å². The quantitative estimate of drug-likeness (QED) is 0.338. The predicted molar refractivity (Wildman–Crippen MR) is 6.34 cm³/mol. The third-order valence-corrected chi connectivity index (χ3v) is 0. The molecule has 0 aliphatic carbocycles. The van der Waals surface area contributed by atoms with Gasteiger partial charge in [-0.15, -0.1) is 0 Å². The second-order valence-corrected chi connectivity index (χ2v) is 0.0816. The maximum Gasteiger partial charge on any atom is 3.00 e. The SMILES string of the molecule is OOO.[Co+3]. The molecular formula is H2CoO3+3. The Morgan fingerprint density at radius 2 is 1.25 bits per heavy atom. The van der Waals surface area contributed by atoms with Gasteiger partial charge in [0.25, 0.3) is 0 Å². The first kappa shape index (κ1) is 8.83. The molecule has 0 spiro atoms. The van der Waals surface area contributed by atoms with Crippen LogP contribution in [-0.2, 0) is 21.8 Å². The van der Waals surface area contributed by atoms with Crippen LogP contribution in [0.1, 0.15) is 0 Å². The Balaban J connectivity index is 0. The van der Waals surface area contributed by atoms with E-state index in [0.29, 0.717) is 0 Å². The predicted octanol–water partition coefficient (Wildman–Crippen LogP) is -0.0535. The molecule has 0 fully saturated rings. The normalized spacial score (nSPS) is 4.50. The van der Waals surface area contributed by atoms with Crippen LogP contribution in [-0.4, -0.2) is 10.5 Å². The molecule has 0 aromatic carbocycles. The van der Waals surface area contributed by atoms with E-state index in [1.165, 1.54) is 0 Å². The summed E-state index contributed by atoms with van der Waals surface area (Å²) in [7, 11) is 0. The first-order valence-electron chi connectivity index (χ1n) is 0.365. The standard InChI is InChI=1S/Co.H2O3/c;1-3-2/h;1-2H/q+3;. The van der Waals surface area contributed by atoms with E-state index in [4.69, 9.17) is 10.5 Å². The van der Waals surface area contributed by atoms with Crippen LogP contribution in [0.4, 0.5) is 0 Å². The summed E-state index contributed by atoms with van der Waals surface area (Å²) in [6.07, 6.45) is 0. The molecule has 0 unspecified atom stereocenters. The minimum absolute atomic E-state index is 0. The molecule has 0 amide bonds. The molecule has 0 aromatic heterocycles. The largest absolute Gasteiger partial charge is 3.00 e. The maximum atomic E-state index is 6.62. The van der Waals surface area contributed by atoms with Crippen molar-refractivity contribution < 1.29 is 32.3 Å². The molecule has 0 aliphatic heterocycles. The second-order valence-electron chi connectivity index (χ2n) is 0.0816. The van der Waals surface area contributed by atoms with Crippen molar-refractivity contribution >= 4 is 0 Å². The molecule has 0 saturated carbocycles. The van der Waals surface area contributed by atoms with E-state index in [-0.39, 0.29) is 16.8 Å². The van der Waals surface area contributed by atoms with Crippen LogP contribution in [0.3, 0.4) is 0 Å². The molecule has 4 heavy (non-hydrogen) atoms. The van der Waals surface area contributed by atoms with Crippen molar-refractivity contribution in [1.29, 1.82) is 0 Å². The van der Waals surface area contributed by atoms with Crippen molar-refractivity contribution in [1.82, 2.24) is 0 Å². The topological polar surface area (TPSA) is 49.7 Å². The van der Waals surface area contributed by atoms with Crippen molar-refractivity contribution in [3.63, 3.8) is 0 Å². The third kappa shape index (κ3) is 30.7. The first-order valence-corrected chi connectivity index (χ1v) is 0.365. The van der Waals surface area contributed by atoms with Gasteiger partial charge in [-0.3, -0.25) is 0 Å². The Hall–Kier alpha value is 0.386. The van der Waals surface area contributed by atoms with Gasteiger partial charge in [-0.25, -0.2) is 10.5 Å². The molecule has 3 nitrogen and oxygen atoms in total. The van der Waals surface area contributed by atoms with Gasteiger partial charge in [0, 0.05) is 0 Å². The molecule has 0 radical (unpaired) electrons. The molecule has 0 heterocycles. The summed E-state index contributed by atoms with van der Waals surface area (Å²) in [6, 6.07) is 0. The average Bonchev–Trinajstić information content (AvgIpc) is 0.918. The Kier molecular flexibility index (Phi) is 22.2. The third-order valence-electron chi connectivity index (χ3n) is 0. The van der Waals surface area contributed by atoms with Crippen molar-refractivity contribution in [2.45, 2.75) is 0 Å². The zero-order chi connectivity index (χ0) is 2.71. The Morgan fingerprint density at radius 3 is 1.25 bits per heavy atom. The van der Waals surface area contributed by atoms with Crippen LogP contribution in [0.5, 0.6) is 0 Å². The molecule has 26 valence electrons. The van der Waals surface area contributed by atoms with Crippen molar-refractivity contribution in [3.05, 3.63) is 0 Å². The number of hydrogen-bond donors (Lipinski definition) is 2. The Bertz CT molecular complexity index is 3.25. The number of hydrogen-bond acceptors (Lipinski definition) is 3. The Morgan fingerprint density at radius 1 is 1.25 bits per heavy atom.